The van der Waals surface area contributed by atoms with E-state index in [1.54, 1.807) is 4.57 Å². The van der Waals surface area contributed by atoms with E-state index in [-0.39, 0.29) is 11.3 Å². The van der Waals surface area contributed by atoms with Gasteiger partial charge in [0.15, 0.2) is 17.0 Å². The number of rotatable bonds is 2. The molecule has 0 radical (unpaired) electrons. The maximum absolute atomic E-state index is 14.0. The van der Waals surface area contributed by atoms with Crippen molar-refractivity contribution in [1.29, 1.82) is 0 Å². The van der Waals surface area contributed by atoms with Gasteiger partial charge in [-0.1, -0.05) is 18.5 Å². The van der Waals surface area contributed by atoms with Crippen molar-refractivity contribution in [1.82, 2.24) is 19.5 Å². The summed E-state index contributed by atoms with van der Waals surface area (Å²) < 4.78 is 21.2. The number of alkyl halides is 1. The van der Waals surface area contributed by atoms with E-state index in [0.717, 1.165) is 6.42 Å². The molecule has 1 saturated heterocycles. The number of ether oxygens (including phenoxy) is 1. The second-order valence-electron chi connectivity index (χ2n) is 4.30. The Hall–Kier alpha value is -1.27. The highest BCUT2D eigenvalue weighted by Gasteiger charge is 2.36. The zero-order valence-electron chi connectivity index (χ0n) is 9.75. The van der Waals surface area contributed by atoms with E-state index in [1.807, 2.05) is 6.92 Å². The van der Waals surface area contributed by atoms with Crippen LogP contribution < -0.4 is 0 Å². The van der Waals surface area contributed by atoms with Crippen LogP contribution in [0.1, 0.15) is 26.0 Å². The number of aromatic nitrogens is 4. The fourth-order valence-corrected chi connectivity index (χ4v) is 2.39. The van der Waals surface area contributed by atoms with Crippen molar-refractivity contribution in [2.75, 3.05) is 0 Å². The first-order chi connectivity index (χ1) is 8.70. The van der Waals surface area contributed by atoms with E-state index < -0.39 is 12.4 Å². The average Bonchev–Trinajstić information content (AvgIpc) is 2.93. The van der Waals surface area contributed by atoms with Crippen LogP contribution >= 0.6 is 11.6 Å². The van der Waals surface area contributed by atoms with Gasteiger partial charge in [-0.05, 0) is 6.42 Å². The van der Waals surface area contributed by atoms with Gasteiger partial charge < -0.3 is 4.74 Å². The van der Waals surface area contributed by atoms with Crippen molar-refractivity contribution >= 4 is 22.8 Å². The Morgan fingerprint density at radius 2 is 2.33 bits per heavy atom. The zero-order valence-corrected chi connectivity index (χ0v) is 10.5. The molecule has 7 heteroatoms. The zero-order chi connectivity index (χ0) is 12.7. The molecule has 3 rings (SSSR count). The number of nitrogens with zero attached hydrogens (tertiary/aromatic N) is 4. The first-order valence-corrected chi connectivity index (χ1v) is 6.21. The molecule has 3 atom stereocenters. The lowest BCUT2D eigenvalue weighted by Crippen LogP contribution is -2.16. The van der Waals surface area contributed by atoms with Gasteiger partial charge in [-0.15, -0.1) is 0 Å². The van der Waals surface area contributed by atoms with Crippen LogP contribution in [0.5, 0.6) is 0 Å². The molecule has 0 aromatic carbocycles. The molecule has 1 unspecified atom stereocenters. The summed E-state index contributed by atoms with van der Waals surface area (Å²) in [6.45, 7) is 1.98. The molecule has 1 fully saturated rings. The lowest BCUT2D eigenvalue weighted by Gasteiger charge is -2.15. The molecular weight excluding hydrogens is 259 g/mol. The molecule has 2 aromatic heterocycles. The Labute approximate surface area is 108 Å². The summed E-state index contributed by atoms with van der Waals surface area (Å²) in [5.74, 6) is 0. The minimum absolute atomic E-state index is 0.0558. The number of halogens is 2. The largest absolute Gasteiger partial charge is 0.351 e. The highest BCUT2D eigenvalue weighted by Crippen LogP contribution is 2.34. The lowest BCUT2D eigenvalue weighted by atomic mass is 10.2. The third kappa shape index (κ3) is 1.76. The van der Waals surface area contributed by atoms with Gasteiger partial charge >= 0.3 is 0 Å². The van der Waals surface area contributed by atoms with Crippen LogP contribution in [-0.4, -0.2) is 31.8 Å². The number of fused-ring (bicyclic) bond motifs is 1. The lowest BCUT2D eigenvalue weighted by molar-refractivity contribution is -0.0172. The Balaban J connectivity index is 2.02. The predicted octanol–water partition coefficient (Wildman–Crippen LogP) is 2.52. The molecular formula is C11H12ClFN4O. The van der Waals surface area contributed by atoms with Crippen LogP contribution in [0.3, 0.4) is 0 Å². The topological polar surface area (TPSA) is 52.8 Å². The second kappa shape index (κ2) is 4.44. The van der Waals surface area contributed by atoms with E-state index in [2.05, 4.69) is 15.0 Å². The second-order valence-corrected chi connectivity index (χ2v) is 4.66. The molecule has 18 heavy (non-hydrogen) atoms. The normalized spacial score (nSPS) is 28.1. The Morgan fingerprint density at radius 3 is 3.06 bits per heavy atom. The van der Waals surface area contributed by atoms with Gasteiger partial charge in [0.05, 0.1) is 12.4 Å². The Kier molecular flexibility index (Phi) is 2.91. The molecule has 0 aliphatic carbocycles. The molecule has 2 aromatic rings. The maximum Gasteiger partial charge on any atom is 0.168 e. The van der Waals surface area contributed by atoms with E-state index >= 15 is 0 Å². The smallest absolute Gasteiger partial charge is 0.168 e. The summed E-state index contributed by atoms with van der Waals surface area (Å²) in [6, 6.07) is 0. The molecule has 0 N–H and O–H groups in total. The molecule has 0 amide bonds. The first kappa shape index (κ1) is 11.8. The van der Waals surface area contributed by atoms with Crippen molar-refractivity contribution in [2.45, 2.75) is 38.3 Å². The van der Waals surface area contributed by atoms with E-state index in [1.165, 1.54) is 12.7 Å². The first-order valence-electron chi connectivity index (χ1n) is 5.83. The highest BCUT2D eigenvalue weighted by molar-refractivity contribution is 6.33. The molecule has 96 valence electrons. The molecule has 0 spiro atoms. The summed E-state index contributed by atoms with van der Waals surface area (Å²) in [7, 11) is 0. The summed E-state index contributed by atoms with van der Waals surface area (Å²) in [4.78, 5) is 12.0. The van der Waals surface area contributed by atoms with Crippen LogP contribution in [0.25, 0.3) is 11.2 Å². The summed E-state index contributed by atoms with van der Waals surface area (Å²) in [6.07, 6.45) is 2.24. The summed E-state index contributed by atoms with van der Waals surface area (Å²) in [5, 5.41) is 0.263. The predicted molar refractivity (Wildman–Crippen MR) is 64.0 cm³/mol. The fourth-order valence-electron chi connectivity index (χ4n) is 2.22. The summed E-state index contributed by atoms with van der Waals surface area (Å²) >= 11 is 5.91. The Bertz CT molecular complexity index is 575. The fraction of sp³-hybridized carbons (Fsp3) is 0.545. The molecule has 3 heterocycles. The van der Waals surface area contributed by atoms with E-state index in [9.17, 15) is 4.39 Å². The van der Waals surface area contributed by atoms with E-state index in [0.29, 0.717) is 17.6 Å². The standard InChI is InChI=1S/C11H12ClFN4O/c1-2-6-3-7(13)11(18-6)17-5-16-8-9(12)14-4-15-10(8)17/h4-7,11H,2-3H2,1H3/t6-,7?,11-/m1/s1. The van der Waals surface area contributed by atoms with Crippen LogP contribution in [0.4, 0.5) is 4.39 Å². The van der Waals surface area contributed by atoms with Gasteiger partial charge in [-0.3, -0.25) is 4.57 Å². The minimum atomic E-state index is -1.05. The van der Waals surface area contributed by atoms with Gasteiger partial charge in [0, 0.05) is 6.42 Å². The van der Waals surface area contributed by atoms with Crippen LogP contribution in [-0.2, 0) is 4.74 Å². The molecule has 1 aliphatic heterocycles. The summed E-state index contributed by atoms with van der Waals surface area (Å²) in [5.41, 5.74) is 0.967. The van der Waals surface area contributed by atoms with Crippen molar-refractivity contribution in [3.63, 3.8) is 0 Å². The van der Waals surface area contributed by atoms with Crippen LogP contribution in [0.15, 0.2) is 12.7 Å². The van der Waals surface area contributed by atoms with Crippen LogP contribution in [0, 0.1) is 0 Å². The average molecular weight is 271 g/mol. The van der Waals surface area contributed by atoms with Gasteiger partial charge in [0.25, 0.3) is 0 Å². The molecule has 5 nitrogen and oxygen atoms in total. The third-order valence-electron chi connectivity index (χ3n) is 3.17. The Morgan fingerprint density at radius 1 is 1.50 bits per heavy atom. The number of hydrogen-bond donors (Lipinski definition) is 0. The maximum atomic E-state index is 14.0. The van der Waals surface area contributed by atoms with Crippen molar-refractivity contribution < 1.29 is 9.13 Å². The van der Waals surface area contributed by atoms with Gasteiger partial charge in [0.1, 0.15) is 18.0 Å². The van der Waals surface area contributed by atoms with Gasteiger partial charge in [0.2, 0.25) is 0 Å². The van der Waals surface area contributed by atoms with Gasteiger partial charge in [-0.2, -0.15) is 0 Å². The van der Waals surface area contributed by atoms with Crippen LogP contribution in [0.2, 0.25) is 5.15 Å². The molecule has 0 bridgehead atoms. The minimum Gasteiger partial charge on any atom is -0.351 e. The van der Waals surface area contributed by atoms with Crippen molar-refractivity contribution in [3.05, 3.63) is 17.8 Å². The SMILES string of the molecule is CC[C@@H]1CC(F)[C@H](n2cnc3c(Cl)ncnc32)O1. The number of hydrogen-bond acceptors (Lipinski definition) is 4. The molecule has 1 aliphatic rings. The third-order valence-corrected chi connectivity index (χ3v) is 3.45. The highest BCUT2D eigenvalue weighted by atomic mass is 35.5. The monoisotopic (exact) mass is 270 g/mol. The molecule has 0 saturated carbocycles. The van der Waals surface area contributed by atoms with Crippen molar-refractivity contribution in [2.24, 2.45) is 0 Å². The quantitative estimate of drug-likeness (QED) is 0.787. The van der Waals surface area contributed by atoms with Gasteiger partial charge in [-0.25, -0.2) is 19.3 Å². The van der Waals surface area contributed by atoms with E-state index in [4.69, 9.17) is 16.3 Å². The van der Waals surface area contributed by atoms with Crippen molar-refractivity contribution in [3.8, 4) is 0 Å². The number of imidazole rings is 1.